The van der Waals surface area contributed by atoms with E-state index in [0.29, 0.717) is 5.92 Å². The Balaban J connectivity index is 1.86. The summed E-state index contributed by atoms with van der Waals surface area (Å²) in [6.45, 7) is 4.24. The van der Waals surface area contributed by atoms with Crippen LogP contribution < -0.4 is 5.73 Å². The Morgan fingerprint density at radius 3 is 2.78 bits per heavy atom. The zero-order valence-electron chi connectivity index (χ0n) is 11.1. The van der Waals surface area contributed by atoms with Gasteiger partial charge in [-0.15, -0.1) is 0 Å². The van der Waals surface area contributed by atoms with Gasteiger partial charge in [-0.25, -0.2) is 4.39 Å². The first-order chi connectivity index (χ1) is 8.56. The number of nitrogens with zero attached hydrogens (tertiary/aromatic N) is 2. The van der Waals surface area contributed by atoms with Crippen molar-refractivity contribution in [3.8, 4) is 0 Å². The van der Waals surface area contributed by atoms with Gasteiger partial charge in [0.25, 0.3) is 0 Å². The van der Waals surface area contributed by atoms with Gasteiger partial charge in [-0.1, -0.05) is 6.92 Å². The summed E-state index contributed by atoms with van der Waals surface area (Å²) in [6.07, 6.45) is 3.96. The molecule has 1 aromatic rings. The summed E-state index contributed by atoms with van der Waals surface area (Å²) in [4.78, 5) is 6.40. The lowest BCUT2D eigenvalue weighted by Gasteiger charge is -2.25. The molecule has 0 aliphatic heterocycles. The Morgan fingerprint density at radius 2 is 2.22 bits per heavy atom. The molecule has 2 atom stereocenters. The minimum absolute atomic E-state index is 0.132. The number of nitrogens with two attached hydrogens (primary N) is 1. The van der Waals surface area contributed by atoms with Crippen LogP contribution in [0.4, 0.5) is 4.39 Å². The van der Waals surface area contributed by atoms with Crippen molar-refractivity contribution in [2.45, 2.75) is 25.8 Å². The van der Waals surface area contributed by atoms with Gasteiger partial charge >= 0.3 is 0 Å². The van der Waals surface area contributed by atoms with Crippen molar-refractivity contribution in [2.24, 2.45) is 17.6 Å². The van der Waals surface area contributed by atoms with Crippen LogP contribution in [0.1, 0.15) is 31.5 Å². The second kappa shape index (κ2) is 5.76. The maximum Gasteiger partial charge on any atom is 0.141 e. The van der Waals surface area contributed by atoms with E-state index < -0.39 is 0 Å². The van der Waals surface area contributed by atoms with Crippen LogP contribution >= 0.6 is 0 Å². The molecule has 0 radical (unpaired) electrons. The van der Waals surface area contributed by atoms with Gasteiger partial charge in [0.2, 0.25) is 0 Å². The van der Waals surface area contributed by atoms with Crippen molar-refractivity contribution in [2.75, 3.05) is 20.1 Å². The summed E-state index contributed by atoms with van der Waals surface area (Å²) < 4.78 is 12.8. The third kappa shape index (κ3) is 3.75. The van der Waals surface area contributed by atoms with Gasteiger partial charge < -0.3 is 10.6 Å². The van der Waals surface area contributed by atoms with Gasteiger partial charge in [-0.05, 0) is 43.9 Å². The average molecular weight is 251 g/mol. The molecule has 1 fully saturated rings. The SMILES string of the molecule is CC(CN(C)CC1CC1)C(N)c1ccc(F)cn1. The van der Waals surface area contributed by atoms with Gasteiger partial charge in [0.1, 0.15) is 5.82 Å². The van der Waals surface area contributed by atoms with Crippen LogP contribution in [0.2, 0.25) is 0 Å². The van der Waals surface area contributed by atoms with E-state index >= 15 is 0 Å². The first kappa shape index (κ1) is 13.4. The molecule has 0 aromatic carbocycles. The highest BCUT2D eigenvalue weighted by Crippen LogP contribution is 2.30. The lowest BCUT2D eigenvalue weighted by molar-refractivity contribution is 0.254. The molecular weight excluding hydrogens is 229 g/mol. The van der Waals surface area contributed by atoms with E-state index in [1.165, 1.54) is 25.1 Å². The molecule has 18 heavy (non-hydrogen) atoms. The van der Waals surface area contributed by atoms with Gasteiger partial charge in [0.05, 0.1) is 17.9 Å². The van der Waals surface area contributed by atoms with Gasteiger partial charge in [0.15, 0.2) is 0 Å². The van der Waals surface area contributed by atoms with E-state index in [4.69, 9.17) is 5.73 Å². The van der Waals surface area contributed by atoms with Crippen LogP contribution in [0, 0.1) is 17.7 Å². The number of hydrogen-bond donors (Lipinski definition) is 1. The zero-order valence-corrected chi connectivity index (χ0v) is 11.1. The number of aromatic nitrogens is 1. The van der Waals surface area contributed by atoms with Crippen molar-refractivity contribution in [1.82, 2.24) is 9.88 Å². The van der Waals surface area contributed by atoms with Crippen LogP contribution in [-0.2, 0) is 0 Å². The summed E-state index contributed by atoms with van der Waals surface area (Å²) in [7, 11) is 2.14. The maximum absolute atomic E-state index is 12.8. The predicted octanol–water partition coefficient (Wildman–Crippen LogP) is 2.20. The molecule has 3 nitrogen and oxygen atoms in total. The first-order valence-corrected chi connectivity index (χ1v) is 6.62. The highest BCUT2D eigenvalue weighted by Gasteiger charge is 2.24. The van der Waals surface area contributed by atoms with Crippen LogP contribution in [0.5, 0.6) is 0 Å². The molecule has 0 saturated heterocycles. The Kier molecular flexibility index (Phi) is 4.30. The minimum Gasteiger partial charge on any atom is -0.322 e. The lowest BCUT2D eigenvalue weighted by Crippen LogP contribution is -2.32. The zero-order chi connectivity index (χ0) is 13.1. The topological polar surface area (TPSA) is 42.1 Å². The predicted molar refractivity (Wildman–Crippen MR) is 70.5 cm³/mol. The van der Waals surface area contributed by atoms with Crippen molar-refractivity contribution >= 4 is 0 Å². The standard InChI is InChI=1S/C14H22FN3/c1-10(8-18(2)9-11-3-4-11)14(16)13-6-5-12(15)7-17-13/h5-7,10-11,14H,3-4,8-9,16H2,1-2H3. The van der Waals surface area contributed by atoms with Crippen LogP contribution in [0.15, 0.2) is 18.3 Å². The highest BCUT2D eigenvalue weighted by molar-refractivity contribution is 5.10. The molecule has 0 bridgehead atoms. The summed E-state index contributed by atoms with van der Waals surface area (Å²) in [5.74, 6) is 0.888. The molecule has 1 heterocycles. The summed E-state index contributed by atoms with van der Waals surface area (Å²) in [6, 6.07) is 2.97. The molecule has 1 saturated carbocycles. The van der Waals surface area contributed by atoms with E-state index in [1.54, 1.807) is 6.07 Å². The molecule has 2 N–H and O–H groups in total. The van der Waals surface area contributed by atoms with Crippen molar-refractivity contribution in [3.63, 3.8) is 0 Å². The normalized spacial score (nSPS) is 18.9. The molecular formula is C14H22FN3. The minimum atomic E-state index is -0.315. The molecule has 1 aliphatic carbocycles. The lowest BCUT2D eigenvalue weighted by atomic mass is 9.98. The number of rotatable bonds is 6. The largest absolute Gasteiger partial charge is 0.322 e. The van der Waals surface area contributed by atoms with E-state index in [2.05, 4.69) is 23.9 Å². The summed E-state index contributed by atoms with van der Waals surface area (Å²) in [5.41, 5.74) is 6.94. The molecule has 0 spiro atoms. The highest BCUT2D eigenvalue weighted by atomic mass is 19.1. The van der Waals surface area contributed by atoms with Crippen LogP contribution in [0.25, 0.3) is 0 Å². The molecule has 4 heteroatoms. The fourth-order valence-electron chi connectivity index (χ4n) is 2.30. The van der Waals surface area contributed by atoms with E-state index in [9.17, 15) is 4.39 Å². The van der Waals surface area contributed by atoms with Gasteiger partial charge in [0, 0.05) is 13.1 Å². The third-order valence-electron chi connectivity index (χ3n) is 3.57. The third-order valence-corrected chi connectivity index (χ3v) is 3.57. The van der Waals surface area contributed by atoms with E-state index in [-0.39, 0.29) is 11.9 Å². The van der Waals surface area contributed by atoms with Gasteiger partial charge in [-0.2, -0.15) is 0 Å². The maximum atomic E-state index is 12.8. The number of pyridine rings is 1. The Hall–Kier alpha value is -1.00. The summed E-state index contributed by atoms with van der Waals surface area (Å²) in [5, 5.41) is 0. The monoisotopic (exact) mass is 251 g/mol. The Morgan fingerprint density at radius 1 is 1.50 bits per heavy atom. The summed E-state index contributed by atoms with van der Waals surface area (Å²) >= 11 is 0. The molecule has 1 aliphatic rings. The Labute approximate surface area is 108 Å². The molecule has 0 amide bonds. The quantitative estimate of drug-likeness (QED) is 0.842. The van der Waals surface area contributed by atoms with E-state index in [0.717, 1.165) is 24.7 Å². The number of hydrogen-bond acceptors (Lipinski definition) is 3. The second-order valence-electron chi connectivity index (χ2n) is 5.57. The van der Waals surface area contributed by atoms with Crippen LogP contribution in [0.3, 0.4) is 0 Å². The molecule has 2 rings (SSSR count). The second-order valence-corrected chi connectivity index (χ2v) is 5.57. The Bertz CT molecular complexity index is 375. The van der Waals surface area contributed by atoms with Crippen molar-refractivity contribution in [3.05, 3.63) is 29.8 Å². The number of halogens is 1. The fourth-order valence-corrected chi connectivity index (χ4v) is 2.30. The van der Waals surface area contributed by atoms with Crippen molar-refractivity contribution in [1.29, 1.82) is 0 Å². The molecule has 1 aromatic heterocycles. The smallest absolute Gasteiger partial charge is 0.141 e. The van der Waals surface area contributed by atoms with Crippen molar-refractivity contribution < 1.29 is 4.39 Å². The first-order valence-electron chi connectivity index (χ1n) is 6.62. The van der Waals surface area contributed by atoms with Crippen LogP contribution in [-0.4, -0.2) is 30.0 Å². The van der Waals surface area contributed by atoms with Gasteiger partial charge in [-0.3, -0.25) is 4.98 Å². The molecule has 2 unspecified atom stereocenters. The fraction of sp³-hybridized carbons (Fsp3) is 0.643. The average Bonchev–Trinajstić information content (AvgIpc) is 3.12. The molecule has 100 valence electrons. The van der Waals surface area contributed by atoms with E-state index in [1.807, 2.05) is 0 Å².